The summed E-state index contributed by atoms with van der Waals surface area (Å²) in [5, 5.41) is 0.680. The highest BCUT2D eigenvalue weighted by Gasteiger charge is 2.15. The molecule has 0 aliphatic carbocycles. The SMILES string of the molecule is COc1ccccc1-c1c[nH]c2ncc(Br)c([N])c12. The van der Waals surface area contributed by atoms with E-state index in [1.54, 1.807) is 13.3 Å². The third kappa shape index (κ3) is 1.86. The van der Waals surface area contributed by atoms with Gasteiger partial charge in [-0.2, -0.15) is 0 Å². The number of halogens is 1. The van der Waals surface area contributed by atoms with Gasteiger partial charge < -0.3 is 9.72 Å². The number of aromatic nitrogens is 2. The number of rotatable bonds is 2. The smallest absolute Gasteiger partial charge is 0.140 e. The van der Waals surface area contributed by atoms with Crippen LogP contribution >= 0.6 is 15.9 Å². The molecule has 2 heterocycles. The number of para-hydroxylation sites is 1. The van der Waals surface area contributed by atoms with E-state index in [1.165, 1.54) is 0 Å². The van der Waals surface area contributed by atoms with Crippen LogP contribution in [0.3, 0.4) is 0 Å². The number of aromatic amines is 1. The van der Waals surface area contributed by atoms with Crippen LogP contribution in [0.2, 0.25) is 0 Å². The Balaban J connectivity index is 2.34. The molecule has 94 valence electrons. The molecule has 0 unspecified atom stereocenters. The zero-order chi connectivity index (χ0) is 13.4. The second kappa shape index (κ2) is 4.59. The van der Waals surface area contributed by atoms with Crippen LogP contribution in [0.4, 0.5) is 5.69 Å². The summed E-state index contributed by atoms with van der Waals surface area (Å²) in [6.07, 6.45) is 3.39. The fraction of sp³-hybridized carbons (Fsp3) is 0.0714. The molecule has 0 saturated heterocycles. The molecule has 0 amide bonds. The predicted octanol–water partition coefficient (Wildman–Crippen LogP) is 3.70. The molecule has 0 aliphatic heterocycles. The minimum Gasteiger partial charge on any atom is -0.496 e. The molecule has 2 aromatic heterocycles. The summed E-state index contributed by atoms with van der Waals surface area (Å²) in [5.41, 5.74) is 12.8. The van der Waals surface area contributed by atoms with Crippen molar-refractivity contribution in [3.63, 3.8) is 0 Å². The molecule has 0 fully saturated rings. The van der Waals surface area contributed by atoms with Gasteiger partial charge in [0.15, 0.2) is 0 Å². The summed E-state index contributed by atoms with van der Waals surface area (Å²) < 4.78 is 5.93. The Hall–Kier alpha value is -2.01. The van der Waals surface area contributed by atoms with Crippen molar-refractivity contribution in [2.24, 2.45) is 0 Å². The van der Waals surface area contributed by atoms with Crippen LogP contribution in [0.1, 0.15) is 0 Å². The zero-order valence-corrected chi connectivity index (χ0v) is 11.7. The molecular formula is C14H10BrN3O. The second-order valence-electron chi connectivity index (χ2n) is 4.08. The zero-order valence-electron chi connectivity index (χ0n) is 10.1. The molecule has 5 heteroatoms. The van der Waals surface area contributed by atoms with Crippen LogP contribution in [0.15, 0.2) is 41.1 Å². The van der Waals surface area contributed by atoms with E-state index in [4.69, 9.17) is 4.74 Å². The summed E-state index contributed by atoms with van der Waals surface area (Å²) >= 11 is 3.29. The van der Waals surface area contributed by atoms with Crippen LogP contribution in [0, 0.1) is 0 Å². The molecule has 0 aliphatic rings. The largest absolute Gasteiger partial charge is 0.496 e. The normalized spacial score (nSPS) is 10.8. The molecule has 0 spiro atoms. The highest BCUT2D eigenvalue weighted by atomic mass is 79.9. The molecule has 0 atom stereocenters. The maximum absolute atomic E-state index is 10.2. The number of fused-ring (bicyclic) bond motifs is 1. The summed E-state index contributed by atoms with van der Waals surface area (Å²) in [4.78, 5) is 7.30. The van der Waals surface area contributed by atoms with Gasteiger partial charge in [-0.25, -0.2) is 4.98 Å². The van der Waals surface area contributed by atoms with Gasteiger partial charge in [-0.1, -0.05) is 18.2 Å². The number of hydrogen-bond donors (Lipinski definition) is 1. The summed E-state index contributed by atoms with van der Waals surface area (Å²) in [5.74, 6) is 0.753. The van der Waals surface area contributed by atoms with Crippen LogP contribution in [0.25, 0.3) is 22.2 Å². The van der Waals surface area contributed by atoms with E-state index in [9.17, 15) is 5.73 Å². The maximum atomic E-state index is 10.2. The first-order chi connectivity index (χ1) is 9.22. The molecule has 4 nitrogen and oxygen atoms in total. The lowest BCUT2D eigenvalue weighted by molar-refractivity contribution is 0.416. The topological polar surface area (TPSA) is 60.2 Å². The highest BCUT2D eigenvalue weighted by molar-refractivity contribution is 9.10. The van der Waals surface area contributed by atoms with Crippen LogP contribution in [-0.2, 0) is 0 Å². The van der Waals surface area contributed by atoms with Gasteiger partial charge in [-0.3, -0.25) is 0 Å². The van der Waals surface area contributed by atoms with Crippen LogP contribution in [-0.4, -0.2) is 17.1 Å². The van der Waals surface area contributed by atoms with Crippen molar-refractivity contribution < 1.29 is 4.74 Å². The summed E-state index contributed by atoms with van der Waals surface area (Å²) in [6.45, 7) is 0. The van der Waals surface area contributed by atoms with Crippen molar-refractivity contribution in [1.29, 1.82) is 0 Å². The molecule has 0 bridgehead atoms. The van der Waals surface area contributed by atoms with E-state index in [1.807, 2.05) is 30.5 Å². The first-order valence-corrected chi connectivity index (χ1v) is 6.49. The lowest BCUT2D eigenvalue weighted by Crippen LogP contribution is -1.87. The monoisotopic (exact) mass is 315 g/mol. The summed E-state index contributed by atoms with van der Waals surface area (Å²) in [6, 6.07) is 7.67. The third-order valence-electron chi connectivity index (χ3n) is 3.03. The molecule has 0 saturated carbocycles. The van der Waals surface area contributed by atoms with Crippen LogP contribution in [0.5, 0.6) is 5.75 Å². The van der Waals surface area contributed by atoms with E-state index in [2.05, 4.69) is 25.9 Å². The average molecular weight is 316 g/mol. The number of nitrogens with one attached hydrogen (secondary N) is 1. The Labute approximate surface area is 118 Å². The van der Waals surface area contributed by atoms with E-state index < -0.39 is 0 Å². The third-order valence-corrected chi connectivity index (χ3v) is 3.61. The van der Waals surface area contributed by atoms with Gasteiger partial charge in [-0.15, -0.1) is 5.73 Å². The summed E-state index contributed by atoms with van der Waals surface area (Å²) in [7, 11) is 1.63. The van der Waals surface area contributed by atoms with Crippen molar-refractivity contribution in [3.05, 3.63) is 41.1 Å². The molecule has 1 N–H and O–H groups in total. The number of nitrogens with zero attached hydrogens (tertiary/aromatic N) is 2. The molecular weight excluding hydrogens is 306 g/mol. The number of benzene rings is 1. The van der Waals surface area contributed by atoms with Gasteiger partial charge in [0.05, 0.1) is 17.0 Å². The highest BCUT2D eigenvalue weighted by Crippen LogP contribution is 2.39. The minimum absolute atomic E-state index is 0.173. The Kier molecular flexibility index (Phi) is 2.91. The first-order valence-electron chi connectivity index (χ1n) is 5.70. The number of hydrogen-bond acceptors (Lipinski definition) is 2. The molecule has 3 rings (SSSR count). The van der Waals surface area contributed by atoms with E-state index >= 15 is 0 Å². The van der Waals surface area contributed by atoms with Gasteiger partial charge in [0.2, 0.25) is 0 Å². The number of pyridine rings is 1. The number of H-pyrrole nitrogens is 1. The Bertz CT molecular complexity index is 752. The van der Waals surface area contributed by atoms with Gasteiger partial charge in [0.25, 0.3) is 0 Å². The van der Waals surface area contributed by atoms with E-state index in [-0.39, 0.29) is 5.69 Å². The lowest BCUT2D eigenvalue weighted by Gasteiger charge is -2.07. The lowest BCUT2D eigenvalue weighted by atomic mass is 10.0. The van der Waals surface area contributed by atoms with Gasteiger partial charge in [0, 0.05) is 23.5 Å². The first kappa shape index (κ1) is 12.0. The minimum atomic E-state index is 0.173. The van der Waals surface area contributed by atoms with Crippen molar-refractivity contribution in [1.82, 2.24) is 15.7 Å². The van der Waals surface area contributed by atoms with Gasteiger partial charge in [-0.05, 0) is 22.0 Å². The molecule has 3 aromatic rings. The molecule has 19 heavy (non-hydrogen) atoms. The number of ether oxygens (including phenoxy) is 1. The average Bonchev–Trinajstić information content (AvgIpc) is 2.87. The fourth-order valence-electron chi connectivity index (χ4n) is 2.14. The Morgan fingerprint density at radius 1 is 1.26 bits per heavy atom. The van der Waals surface area contributed by atoms with Crippen molar-refractivity contribution in [3.8, 4) is 16.9 Å². The maximum Gasteiger partial charge on any atom is 0.140 e. The van der Waals surface area contributed by atoms with Crippen molar-refractivity contribution in [2.75, 3.05) is 7.11 Å². The van der Waals surface area contributed by atoms with Crippen molar-refractivity contribution in [2.45, 2.75) is 0 Å². The van der Waals surface area contributed by atoms with Crippen LogP contribution < -0.4 is 10.5 Å². The number of methoxy groups -OCH3 is 1. The Morgan fingerprint density at radius 2 is 2.05 bits per heavy atom. The predicted molar refractivity (Wildman–Crippen MR) is 77.6 cm³/mol. The van der Waals surface area contributed by atoms with E-state index in [0.29, 0.717) is 15.5 Å². The second-order valence-corrected chi connectivity index (χ2v) is 4.94. The fourth-order valence-corrected chi connectivity index (χ4v) is 2.44. The van der Waals surface area contributed by atoms with Gasteiger partial charge in [0.1, 0.15) is 17.1 Å². The van der Waals surface area contributed by atoms with E-state index in [0.717, 1.165) is 16.9 Å². The van der Waals surface area contributed by atoms with Gasteiger partial charge >= 0.3 is 0 Å². The standard InChI is InChI=1S/C14H10BrN3O/c1-19-11-5-3-2-4-8(11)9-6-17-14-12(9)13(16)10(15)7-18-14/h2-7H,1H3,(H,17,18). The quantitative estimate of drug-likeness (QED) is 0.783. The van der Waals surface area contributed by atoms with Crippen molar-refractivity contribution >= 4 is 32.7 Å². The molecule has 2 radical (unpaired) electrons. The Morgan fingerprint density at radius 3 is 2.84 bits per heavy atom. The molecule has 1 aromatic carbocycles.